The van der Waals surface area contributed by atoms with E-state index in [4.69, 9.17) is 30.8 Å². The molecule has 29 heavy (non-hydrogen) atoms. The maximum absolute atomic E-state index is 5.76. The van der Waals surface area contributed by atoms with Gasteiger partial charge in [0.1, 0.15) is 0 Å². The second-order valence-electron chi connectivity index (χ2n) is 6.36. The summed E-state index contributed by atoms with van der Waals surface area (Å²) in [6, 6.07) is 13.9. The molecule has 8 heteroatoms. The predicted octanol–water partition coefficient (Wildman–Crippen LogP) is 4.38. The third-order valence-corrected chi connectivity index (χ3v) is 4.84. The van der Waals surface area contributed by atoms with E-state index in [-0.39, 0.29) is 0 Å². The van der Waals surface area contributed by atoms with Crippen molar-refractivity contribution in [3.63, 3.8) is 0 Å². The van der Waals surface area contributed by atoms with Gasteiger partial charge < -0.3 is 18.6 Å². The Morgan fingerprint density at radius 1 is 1.03 bits per heavy atom. The van der Waals surface area contributed by atoms with E-state index in [1.54, 1.807) is 38.1 Å². The zero-order chi connectivity index (χ0) is 20.8. The first-order valence-corrected chi connectivity index (χ1v) is 9.65. The smallest absolute Gasteiger partial charge is 0.288 e. The van der Waals surface area contributed by atoms with Crippen molar-refractivity contribution in [2.24, 2.45) is 0 Å². The molecule has 3 aromatic rings. The molecule has 7 nitrogen and oxygen atoms in total. The van der Waals surface area contributed by atoms with Crippen molar-refractivity contribution < 1.29 is 18.6 Å². The molecule has 0 atom stereocenters. The van der Waals surface area contributed by atoms with Crippen molar-refractivity contribution in [1.29, 1.82) is 0 Å². The van der Waals surface area contributed by atoms with Gasteiger partial charge in [0, 0.05) is 12.1 Å². The molecule has 0 fully saturated rings. The molecule has 0 saturated carbocycles. The van der Waals surface area contributed by atoms with Crippen LogP contribution >= 0.6 is 12.2 Å². The molecule has 2 aromatic carbocycles. The third kappa shape index (κ3) is 4.78. The van der Waals surface area contributed by atoms with Gasteiger partial charge in [0.05, 0.1) is 28.0 Å². The highest BCUT2D eigenvalue weighted by Gasteiger charge is 2.18. The van der Waals surface area contributed by atoms with Gasteiger partial charge in [-0.3, -0.25) is 4.90 Å². The highest BCUT2D eigenvalue weighted by molar-refractivity contribution is 7.71. The van der Waals surface area contributed by atoms with Crippen molar-refractivity contribution >= 4 is 12.2 Å². The Bertz CT molecular complexity index is 976. The molecule has 0 spiro atoms. The molecule has 1 heterocycles. The summed E-state index contributed by atoms with van der Waals surface area (Å²) in [5.74, 6) is 1.95. The van der Waals surface area contributed by atoms with Crippen molar-refractivity contribution in [2.75, 3.05) is 27.9 Å². The fourth-order valence-corrected chi connectivity index (χ4v) is 3.19. The lowest BCUT2D eigenvalue weighted by Gasteiger charge is -2.19. The highest BCUT2D eigenvalue weighted by Crippen LogP contribution is 2.40. The monoisotopic (exact) mass is 415 g/mol. The number of hydrogen-bond donors (Lipinski definition) is 0. The molecule has 0 aliphatic carbocycles. The summed E-state index contributed by atoms with van der Waals surface area (Å²) in [5, 5.41) is 4.57. The van der Waals surface area contributed by atoms with Gasteiger partial charge in [-0.2, -0.15) is 0 Å². The number of aromatic nitrogens is 2. The largest absolute Gasteiger partial charge is 0.493 e. The maximum atomic E-state index is 5.76. The van der Waals surface area contributed by atoms with Crippen LogP contribution in [0.3, 0.4) is 0 Å². The summed E-state index contributed by atoms with van der Waals surface area (Å²) in [5.41, 5.74) is 1.92. The van der Waals surface area contributed by atoms with Crippen LogP contribution in [-0.2, 0) is 13.2 Å². The maximum Gasteiger partial charge on any atom is 0.288 e. The average molecular weight is 416 g/mol. The van der Waals surface area contributed by atoms with E-state index in [0.717, 1.165) is 13.1 Å². The topological polar surface area (TPSA) is 61.9 Å². The molecule has 0 N–H and O–H groups in total. The Kier molecular flexibility index (Phi) is 6.90. The predicted molar refractivity (Wildman–Crippen MR) is 113 cm³/mol. The Morgan fingerprint density at radius 2 is 1.69 bits per heavy atom. The molecule has 0 aliphatic heterocycles. The lowest BCUT2D eigenvalue weighted by atomic mass is 10.2. The van der Waals surface area contributed by atoms with Crippen molar-refractivity contribution in [3.05, 3.63) is 52.9 Å². The molecule has 0 unspecified atom stereocenters. The first-order chi connectivity index (χ1) is 14.1. The second-order valence-corrected chi connectivity index (χ2v) is 6.71. The van der Waals surface area contributed by atoms with Crippen LogP contribution in [0, 0.1) is 4.84 Å². The van der Waals surface area contributed by atoms with Crippen molar-refractivity contribution in [3.8, 4) is 28.7 Å². The standard InChI is InChI=1S/C21H25N3O4S/c1-5-23(13-15-9-7-6-8-10-15)14-24-21(29)28-20(22-24)16-11-17(25-2)19(27-4)18(12-16)26-3/h6-12H,5,13-14H2,1-4H3. The van der Waals surface area contributed by atoms with Crippen molar-refractivity contribution in [1.82, 2.24) is 14.7 Å². The summed E-state index contributed by atoms with van der Waals surface area (Å²) in [6.45, 7) is 4.28. The van der Waals surface area contributed by atoms with E-state index in [0.29, 0.717) is 40.2 Å². The Morgan fingerprint density at radius 3 is 2.24 bits per heavy atom. The zero-order valence-electron chi connectivity index (χ0n) is 17.0. The van der Waals surface area contributed by atoms with Crippen molar-refractivity contribution in [2.45, 2.75) is 20.1 Å². The quantitative estimate of drug-likeness (QED) is 0.481. The number of benzene rings is 2. The number of methoxy groups -OCH3 is 3. The lowest BCUT2D eigenvalue weighted by Crippen LogP contribution is -2.26. The Hall–Kier alpha value is -2.84. The minimum Gasteiger partial charge on any atom is -0.493 e. The molecule has 0 saturated heterocycles. The van der Waals surface area contributed by atoms with E-state index in [1.807, 2.05) is 18.2 Å². The fourth-order valence-electron chi connectivity index (χ4n) is 3.01. The number of hydrogen-bond acceptors (Lipinski definition) is 7. The Labute approximate surface area is 175 Å². The summed E-state index contributed by atoms with van der Waals surface area (Å²) in [4.78, 5) is 2.53. The molecule has 0 aliphatic rings. The first-order valence-electron chi connectivity index (χ1n) is 9.24. The SMILES string of the molecule is CCN(Cc1ccccc1)Cn1nc(-c2cc(OC)c(OC)c(OC)c2)oc1=S. The van der Waals surface area contributed by atoms with Gasteiger partial charge in [0.25, 0.3) is 4.84 Å². The highest BCUT2D eigenvalue weighted by atomic mass is 32.1. The number of nitrogens with zero attached hydrogens (tertiary/aromatic N) is 3. The molecular formula is C21H25N3O4S. The minimum absolute atomic E-state index is 0.306. The van der Waals surface area contributed by atoms with Crippen LogP contribution in [0.15, 0.2) is 46.9 Å². The van der Waals surface area contributed by atoms with E-state index in [9.17, 15) is 0 Å². The Balaban J connectivity index is 1.87. The van der Waals surface area contributed by atoms with Gasteiger partial charge in [-0.05, 0) is 36.5 Å². The van der Waals surface area contributed by atoms with Crippen LogP contribution in [0.2, 0.25) is 0 Å². The summed E-state index contributed by atoms with van der Waals surface area (Å²) in [7, 11) is 4.70. The van der Waals surface area contributed by atoms with Gasteiger partial charge in [0.2, 0.25) is 11.6 Å². The molecule has 0 radical (unpaired) electrons. The van der Waals surface area contributed by atoms with E-state index < -0.39 is 0 Å². The minimum atomic E-state index is 0.306. The van der Waals surface area contributed by atoms with Gasteiger partial charge in [-0.1, -0.05) is 37.3 Å². The number of ether oxygens (including phenoxy) is 3. The summed E-state index contributed by atoms with van der Waals surface area (Å²) in [6.07, 6.45) is 0. The molecule has 154 valence electrons. The van der Waals surface area contributed by atoms with Gasteiger partial charge in [-0.25, -0.2) is 4.68 Å². The normalized spacial score (nSPS) is 10.9. The lowest BCUT2D eigenvalue weighted by molar-refractivity contribution is 0.205. The molecule has 1 aromatic heterocycles. The molecule has 0 bridgehead atoms. The van der Waals surface area contributed by atoms with Crippen LogP contribution in [0.5, 0.6) is 17.2 Å². The summed E-state index contributed by atoms with van der Waals surface area (Å²) >= 11 is 5.39. The van der Waals surface area contributed by atoms with E-state index in [1.165, 1.54) is 5.56 Å². The summed E-state index contributed by atoms with van der Waals surface area (Å²) < 4.78 is 23.6. The molecule has 0 amide bonds. The third-order valence-electron chi connectivity index (χ3n) is 4.55. The second kappa shape index (κ2) is 9.58. The molecular weight excluding hydrogens is 390 g/mol. The van der Waals surface area contributed by atoms with E-state index in [2.05, 4.69) is 29.1 Å². The van der Waals surface area contributed by atoms with Gasteiger partial charge in [-0.15, -0.1) is 5.10 Å². The van der Waals surface area contributed by atoms with Gasteiger partial charge in [0.15, 0.2) is 11.5 Å². The van der Waals surface area contributed by atoms with Crippen LogP contribution in [-0.4, -0.2) is 42.6 Å². The van der Waals surface area contributed by atoms with Crippen LogP contribution in [0.25, 0.3) is 11.5 Å². The number of rotatable bonds is 9. The zero-order valence-corrected chi connectivity index (χ0v) is 17.9. The molecule has 3 rings (SSSR count). The first kappa shape index (κ1) is 20.9. The van der Waals surface area contributed by atoms with Crippen LogP contribution in [0.1, 0.15) is 12.5 Å². The van der Waals surface area contributed by atoms with Crippen LogP contribution < -0.4 is 14.2 Å². The van der Waals surface area contributed by atoms with E-state index >= 15 is 0 Å². The fraction of sp³-hybridized carbons (Fsp3) is 0.333. The van der Waals surface area contributed by atoms with Crippen LogP contribution in [0.4, 0.5) is 0 Å². The van der Waals surface area contributed by atoms with Gasteiger partial charge >= 0.3 is 0 Å². The average Bonchev–Trinajstić information content (AvgIpc) is 3.12.